The number of ether oxygens (including phenoxy) is 1. The molecule has 0 saturated carbocycles. The van der Waals surface area contributed by atoms with Gasteiger partial charge in [0.1, 0.15) is 5.75 Å². The Morgan fingerprint density at radius 1 is 1.53 bits per heavy atom. The molecule has 1 rings (SSSR count). The Hall–Kier alpha value is -1.81. The van der Waals surface area contributed by atoms with Crippen LogP contribution in [0.4, 0.5) is 0 Å². The predicted octanol–water partition coefficient (Wildman–Crippen LogP) is 3.09. The first kappa shape index (κ1) is 15.2. The molecule has 1 unspecified atom stereocenters. The summed E-state index contributed by atoms with van der Waals surface area (Å²) in [4.78, 5) is 11.7. The van der Waals surface area contributed by atoms with Gasteiger partial charge in [-0.3, -0.25) is 4.79 Å². The average Bonchev–Trinajstić information content (AvgIpc) is 2.37. The van der Waals surface area contributed by atoms with Gasteiger partial charge in [0, 0.05) is 11.2 Å². The zero-order valence-corrected chi connectivity index (χ0v) is 11.9. The Morgan fingerprint density at radius 3 is 2.89 bits per heavy atom. The summed E-state index contributed by atoms with van der Waals surface area (Å²) in [5.74, 6) is 0.319. The summed E-state index contributed by atoms with van der Waals surface area (Å²) < 4.78 is 5.56. The number of rotatable bonds is 5. The Balaban J connectivity index is 2.58. The van der Waals surface area contributed by atoms with Crippen molar-refractivity contribution < 1.29 is 9.53 Å². The fourth-order valence-corrected chi connectivity index (χ4v) is 1.54. The van der Waals surface area contributed by atoms with Gasteiger partial charge in [-0.1, -0.05) is 17.7 Å². The van der Waals surface area contributed by atoms with E-state index in [9.17, 15) is 4.79 Å². The highest BCUT2D eigenvalue weighted by Gasteiger charge is 2.14. The van der Waals surface area contributed by atoms with Gasteiger partial charge >= 0.3 is 0 Å². The first-order valence-electron chi connectivity index (χ1n) is 5.91. The fraction of sp³-hybridized carbons (Fsp3) is 0.286. The van der Waals surface area contributed by atoms with E-state index >= 15 is 0 Å². The van der Waals surface area contributed by atoms with Crippen molar-refractivity contribution in [2.75, 3.05) is 0 Å². The van der Waals surface area contributed by atoms with Gasteiger partial charge < -0.3 is 4.74 Å². The van der Waals surface area contributed by atoms with Crippen LogP contribution >= 0.6 is 11.6 Å². The van der Waals surface area contributed by atoms with Gasteiger partial charge in [-0.05, 0) is 50.6 Å². The third-order valence-electron chi connectivity index (χ3n) is 2.34. The molecule has 5 heteroatoms. The molecule has 0 fully saturated rings. The number of carbonyl (C=O) groups excluding carboxylic acids is 1. The molecule has 0 aliphatic heterocycles. The largest absolute Gasteiger partial charge is 0.481 e. The van der Waals surface area contributed by atoms with Crippen LogP contribution < -0.4 is 10.2 Å². The molecule has 0 aliphatic carbocycles. The van der Waals surface area contributed by atoms with Crippen molar-refractivity contribution in [2.45, 2.75) is 26.9 Å². The van der Waals surface area contributed by atoms with Gasteiger partial charge in [0.2, 0.25) is 0 Å². The lowest BCUT2D eigenvalue weighted by Gasteiger charge is -2.14. The molecule has 1 N–H and O–H groups in total. The molecule has 1 aromatic carbocycles. The minimum atomic E-state index is -0.636. The van der Waals surface area contributed by atoms with Crippen LogP contribution in [0.1, 0.15) is 19.4 Å². The first-order valence-corrected chi connectivity index (χ1v) is 6.29. The van der Waals surface area contributed by atoms with Crippen molar-refractivity contribution in [1.29, 1.82) is 0 Å². The third-order valence-corrected chi connectivity index (χ3v) is 2.57. The van der Waals surface area contributed by atoms with Crippen LogP contribution in [0.5, 0.6) is 5.75 Å². The number of aryl methyl sites for hydroxylation is 1. The first-order chi connectivity index (χ1) is 9.04. The molecular weight excluding hydrogens is 264 g/mol. The van der Waals surface area contributed by atoms with E-state index in [2.05, 4.69) is 10.5 Å². The van der Waals surface area contributed by atoms with Crippen LogP contribution in [0.3, 0.4) is 0 Å². The number of nitrogens with one attached hydrogen (secondary N) is 1. The Kier molecular flexibility index (Phi) is 6.09. The van der Waals surface area contributed by atoms with Crippen molar-refractivity contribution in [2.24, 2.45) is 5.10 Å². The smallest absolute Gasteiger partial charge is 0.280 e. The van der Waals surface area contributed by atoms with E-state index in [1.807, 2.05) is 19.9 Å². The van der Waals surface area contributed by atoms with E-state index in [1.54, 1.807) is 31.2 Å². The molecule has 0 spiro atoms. The zero-order chi connectivity index (χ0) is 14.3. The molecule has 1 atom stereocenters. The van der Waals surface area contributed by atoms with Gasteiger partial charge in [-0.2, -0.15) is 5.10 Å². The standard InChI is InChI=1S/C14H17ClN2O2/c1-4-5-8-16-17-14(18)11(3)19-13-7-6-12(15)9-10(13)2/h4-9,11H,1-3H3,(H,17,18)/b5-4+,16-8+. The maximum Gasteiger partial charge on any atom is 0.280 e. The lowest BCUT2D eigenvalue weighted by atomic mass is 10.2. The predicted molar refractivity (Wildman–Crippen MR) is 77.7 cm³/mol. The van der Waals surface area contributed by atoms with Crippen molar-refractivity contribution in [3.05, 3.63) is 40.9 Å². The molecule has 0 aromatic heterocycles. The van der Waals surface area contributed by atoms with E-state index in [4.69, 9.17) is 16.3 Å². The normalized spacial score (nSPS) is 12.8. The van der Waals surface area contributed by atoms with Gasteiger partial charge in [-0.25, -0.2) is 5.43 Å². The SMILES string of the molecule is C/C=C/C=N/NC(=O)C(C)Oc1ccc(Cl)cc1C. The average molecular weight is 281 g/mol. The number of benzene rings is 1. The van der Waals surface area contributed by atoms with Crippen molar-refractivity contribution in [3.63, 3.8) is 0 Å². The second kappa shape index (κ2) is 7.59. The zero-order valence-electron chi connectivity index (χ0n) is 11.2. The molecule has 0 heterocycles. The number of hydrogen-bond acceptors (Lipinski definition) is 3. The lowest BCUT2D eigenvalue weighted by Crippen LogP contribution is -2.33. The van der Waals surface area contributed by atoms with E-state index in [0.29, 0.717) is 10.8 Å². The fourth-order valence-electron chi connectivity index (χ4n) is 1.31. The van der Waals surface area contributed by atoms with Crippen LogP contribution in [0.15, 0.2) is 35.5 Å². The highest BCUT2D eigenvalue weighted by Crippen LogP contribution is 2.22. The summed E-state index contributed by atoms with van der Waals surface area (Å²) in [5, 5.41) is 4.38. The molecule has 0 bridgehead atoms. The van der Waals surface area contributed by atoms with Gasteiger partial charge in [0.15, 0.2) is 6.10 Å². The molecule has 102 valence electrons. The number of amides is 1. The molecule has 19 heavy (non-hydrogen) atoms. The molecule has 0 aliphatic rings. The third kappa shape index (κ3) is 5.14. The number of halogens is 1. The van der Waals surface area contributed by atoms with Crippen LogP contribution in [0.2, 0.25) is 5.02 Å². The van der Waals surface area contributed by atoms with Gasteiger partial charge in [0.05, 0.1) is 0 Å². The van der Waals surface area contributed by atoms with Crippen LogP contribution in [0.25, 0.3) is 0 Å². The monoisotopic (exact) mass is 280 g/mol. The minimum absolute atomic E-state index is 0.310. The van der Waals surface area contributed by atoms with Gasteiger partial charge in [0.25, 0.3) is 5.91 Å². The number of carbonyl (C=O) groups is 1. The number of nitrogens with zero attached hydrogens (tertiary/aromatic N) is 1. The summed E-state index contributed by atoms with van der Waals surface area (Å²) in [5.41, 5.74) is 3.28. The van der Waals surface area contributed by atoms with Crippen LogP contribution in [-0.4, -0.2) is 18.2 Å². The van der Waals surface area contributed by atoms with E-state index in [0.717, 1.165) is 5.56 Å². The van der Waals surface area contributed by atoms with Crippen molar-refractivity contribution >= 4 is 23.7 Å². The molecule has 0 saturated heterocycles. The maximum absolute atomic E-state index is 11.7. The molecule has 1 amide bonds. The highest BCUT2D eigenvalue weighted by atomic mass is 35.5. The topological polar surface area (TPSA) is 50.7 Å². The Labute approximate surface area is 118 Å². The quantitative estimate of drug-likeness (QED) is 0.665. The van der Waals surface area contributed by atoms with Crippen LogP contribution in [0, 0.1) is 6.92 Å². The highest BCUT2D eigenvalue weighted by molar-refractivity contribution is 6.30. The molecule has 1 aromatic rings. The molecule has 4 nitrogen and oxygen atoms in total. The minimum Gasteiger partial charge on any atom is -0.481 e. The summed E-state index contributed by atoms with van der Waals surface area (Å²) in [6.07, 6.45) is 4.39. The summed E-state index contributed by atoms with van der Waals surface area (Å²) in [6.45, 7) is 5.40. The van der Waals surface area contributed by atoms with E-state index in [1.165, 1.54) is 6.21 Å². The number of hydrazone groups is 1. The molecular formula is C14H17ClN2O2. The lowest BCUT2D eigenvalue weighted by molar-refractivity contribution is -0.127. The summed E-state index contributed by atoms with van der Waals surface area (Å²) in [7, 11) is 0. The van der Waals surface area contributed by atoms with Crippen molar-refractivity contribution in [1.82, 2.24) is 5.43 Å². The number of allylic oxidation sites excluding steroid dienone is 2. The van der Waals surface area contributed by atoms with E-state index < -0.39 is 6.10 Å². The Morgan fingerprint density at radius 2 is 2.26 bits per heavy atom. The van der Waals surface area contributed by atoms with Gasteiger partial charge in [-0.15, -0.1) is 0 Å². The molecule has 0 radical (unpaired) electrons. The second-order valence-corrected chi connectivity index (χ2v) is 4.39. The second-order valence-electron chi connectivity index (χ2n) is 3.95. The maximum atomic E-state index is 11.7. The van der Waals surface area contributed by atoms with E-state index in [-0.39, 0.29) is 5.91 Å². The number of hydrogen-bond donors (Lipinski definition) is 1. The summed E-state index contributed by atoms with van der Waals surface area (Å²) >= 11 is 5.85. The van der Waals surface area contributed by atoms with Crippen molar-refractivity contribution in [3.8, 4) is 5.75 Å². The summed E-state index contributed by atoms with van der Waals surface area (Å²) in [6, 6.07) is 5.24. The van der Waals surface area contributed by atoms with Crippen LogP contribution in [-0.2, 0) is 4.79 Å². The Bertz CT molecular complexity index is 498.